The zero-order valence-electron chi connectivity index (χ0n) is 15.8. The third-order valence-electron chi connectivity index (χ3n) is 5.06. The van der Waals surface area contributed by atoms with E-state index in [1.807, 2.05) is 32.9 Å². The second-order valence-electron chi connectivity index (χ2n) is 8.93. The first-order chi connectivity index (χ1) is 11.6. The van der Waals surface area contributed by atoms with Crippen LogP contribution in [0.25, 0.3) is 0 Å². The zero-order chi connectivity index (χ0) is 18.4. The highest BCUT2D eigenvalue weighted by atomic mass is 35.5. The van der Waals surface area contributed by atoms with Crippen LogP contribution in [-0.2, 0) is 17.3 Å². The van der Waals surface area contributed by atoms with Gasteiger partial charge in [0.25, 0.3) is 0 Å². The molecule has 2 aromatic rings. The maximum absolute atomic E-state index is 14.8. The summed E-state index contributed by atoms with van der Waals surface area (Å²) in [5.74, 6) is 0.338. The van der Waals surface area contributed by atoms with Crippen LogP contribution in [-0.4, -0.2) is 4.98 Å². The molecular weight excluding hydrogens is 333 g/mol. The van der Waals surface area contributed by atoms with Crippen molar-refractivity contribution in [3.05, 3.63) is 63.7 Å². The molecule has 0 saturated heterocycles. The fraction of sp³-hybridized carbons (Fsp3) is 0.500. The Morgan fingerprint density at radius 2 is 1.76 bits per heavy atom. The predicted molar refractivity (Wildman–Crippen MR) is 103 cm³/mol. The lowest BCUT2D eigenvalue weighted by Gasteiger charge is -2.27. The SMILES string of the molecule is CC(C)(C)c1ccc(CC(C)(C)c2cccc(C3CC3)n2)c(Cl)c1F. The second-order valence-corrected chi connectivity index (χ2v) is 9.31. The molecule has 1 fully saturated rings. The number of halogens is 2. The van der Waals surface area contributed by atoms with Crippen LogP contribution >= 0.6 is 11.6 Å². The van der Waals surface area contributed by atoms with Crippen molar-refractivity contribution in [1.29, 1.82) is 0 Å². The van der Waals surface area contributed by atoms with Gasteiger partial charge in [-0.15, -0.1) is 0 Å². The van der Waals surface area contributed by atoms with Crippen molar-refractivity contribution in [3.63, 3.8) is 0 Å². The van der Waals surface area contributed by atoms with Gasteiger partial charge in [-0.1, -0.05) is 64.4 Å². The van der Waals surface area contributed by atoms with Gasteiger partial charge in [-0.2, -0.15) is 0 Å². The number of aromatic nitrogens is 1. The molecule has 0 amide bonds. The van der Waals surface area contributed by atoms with E-state index in [9.17, 15) is 4.39 Å². The van der Waals surface area contributed by atoms with Crippen molar-refractivity contribution in [1.82, 2.24) is 4.98 Å². The summed E-state index contributed by atoms with van der Waals surface area (Å²) in [4.78, 5) is 4.87. The first-order valence-corrected chi connectivity index (χ1v) is 9.42. The molecule has 0 radical (unpaired) electrons. The maximum Gasteiger partial charge on any atom is 0.145 e. The largest absolute Gasteiger partial charge is 0.257 e. The molecule has 134 valence electrons. The van der Waals surface area contributed by atoms with E-state index in [1.165, 1.54) is 18.5 Å². The number of hydrogen-bond donors (Lipinski definition) is 0. The van der Waals surface area contributed by atoms with Gasteiger partial charge >= 0.3 is 0 Å². The Kier molecular flexibility index (Phi) is 4.70. The number of rotatable bonds is 4. The minimum absolute atomic E-state index is 0.204. The molecule has 0 aliphatic heterocycles. The molecule has 1 nitrogen and oxygen atoms in total. The zero-order valence-corrected chi connectivity index (χ0v) is 16.5. The Balaban J connectivity index is 1.90. The average Bonchev–Trinajstić information content (AvgIpc) is 3.35. The topological polar surface area (TPSA) is 12.9 Å². The van der Waals surface area contributed by atoms with E-state index in [4.69, 9.17) is 16.6 Å². The molecule has 1 saturated carbocycles. The maximum atomic E-state index is 14.8. The summed E-state index contributed by atoms with van der Waals surface area (Å²) in [6, 6.07) is 10.1. The first kappa shape index (κ1) is 18.4. The fourth-order valence-electron chi connectivity index (χ4n) is 3.31. The van der Waals surface area contributed by atoms with Crippen LogP contribution < -0.4 is 0 Å². The molecular formula is C22H27ClFN. The summed E-state index contributed by atoms with van der Waals surface area (Å²) in [6.45, 7) is 10.3. The van der Waals surface area contributed by atoms with E-state index < -0.39 is 0 Å². The van der Waals surface area contributed by atoms with Gasteiger partial charge in [0, 0.05) is 22.7 Å². The van der Waals surface area contributed by atoms with Crippen LogP contribution in [0.3, 0.4) is 0 Å². The number of pyridine rings is 1. The van der Waals surface area contributed by atoms with E-state index in [-0.39, 0.29) is 21.7 Å². The molecule has 1 heterocycles. The van der Waals surface area contributed by atoms with Gasteiger partial charge in [-0.25, -0.2) is 4.39 Å². The Labute approximate surface area is 155 Å². The van der Waals surface area contributed by atoms with Crippen molar-refractivity contribution in [2.45, 2.75) is 70.6 Å². The Morgan fingerprint density at radius 1 is 1.08 bits per heavy atom. The Hall–Kier alpha value is -1.41. The Bertz CT molecular complexity index is 785. The average molecular weight is 360 g/mol. The third-order valence-corrected chi connectivity index (χ3v) is 5.47. The van der Waals surface area contributed by atoms with E-state index in [0.29, 0.717) is 17.9 Å². The molecule has 1 aliphatic carbocycles. The molecule has 1 aliphatic rings. The highest BCUT2D eigenvalue weighted by molar-refractivity contribution is 6.31. The van der Waals surface area contributed by atoms with Crippen molar-refractivity contribution >= 4 is 11.6 Å². The van der Waals surface area contributed by atoms with Crippen LogP contribution in [0.4, 0.5) is 4.39 Å². The van der Waals surface area contributed by atoms with E-state index >= 15 is 0 Å². The van der Waals surface area contributed by atoms with E-state index in [2.05, 4.69) is 32.0 Å². The van der Waals surface area contributed by atoms with Gasteiger partial charge in [0.05, 0.1) is 5.02 Å². The van der Waals surface area contributed by atoms with Crippen LogP contribution in [0.2, 0.25) is 5.02 Å². The van der Waals surface area contributed by atoms with Crippen LogP contribution in [0.5, 0.6) is 0 Å². The highest BCUT2D eigenvalue weighted by Gasteiger charge is 2.30. The Morgan fingerprint density at radius 3 is 2.36 bits per heavy atom. The fourth-order valence-corrected chi connectivity index (χ4v) is 3.54. The van der Waals surface area contributed by atoms with Crippen LogP contribution in [0.1, 0.15) is 75.9 Å². The van der Waals surface area contributed by atoms with Gasteiger partial charge in [0.15, 0.2) is 0 Å². The van der Waals surface area contributed by atoms with Crippen molar-refractivity contribution < 1.29 is 4.39 Å². The van der Waals surface area contributed by atoms with Crippen LogP contribution in [0.15, 0.2) is 30.3 Å². The van der Waals surface area contributed by atoms with Crippen LogP contribution in [0, 0.1) is 5.82 Å². The summed E-state index contributed by atoms with van der Waals surface area (Å²) >= 11 is 6.39. The van der Waals surface area contributed by atoms with Crippen molar-refractivity contribution in [2.24, 2.45) is 0 Å². The monoisotopic (exact) mass is 359 g/mol. The minimum Gasteiger partial charge on any atom is -0.257 e. The quantitative estimate of drug-likeness (QED) is 0.601. The first-order valence-electron chi connectivity index (χ1n) is 9.04. The summed E-state index contributed by atoms with van der Waals surface area (Å²) in [6.07, 6.45) is 3.14. The summed E-state index contributed by atoms with van der Waals surface area (Å²) in [7, 11) is 0. The lowest BCUT2D eigenvalue weighted by atomic mass is 9.80. The van der Waals surface area contributed by atoms with Gasteiger partial charge in [0.2, 0.25) is 0 Å². The van der Waals surface area contributed by atoms with E-state index in [1.54, 1.807) is 0 Å². The molecule has 0 spiro atoms. The number of hydrogen-bond acceptors (Lipinski definition) is 1. The molecule has 1 aromatic heterocycles. The molecule has 0 atom stereocenters. The molecule has 3 rings (SSSR count). The molecule has 3 heteroatoms. The molecule has 0 unspecified atom stereocenters. The third kappa shape index (κ3) is 3.89. The van der Waals surface area contributed by atoms with Gasteiger partial charge < -0.3 is 0 Å². The number of nitrogens with zero attached hydrogens (tertiary/aromatic N) is 1. The van der Waals surface area contributed by atoms with E-state index in [0.717, 1.165) is 11.3 Å². The second kappa shape index (κ2) is 6.39. The molecule has 0 bridgehead atoms. The smallest absolute Gasteiger partial charge is 0.145 e. The van der Waals surface area contributed by atoms with Gasteiger partial charge in [0.1, 0.15) is 5.82 Å². The summed E-state index contributed by atoms with van der Waals surface area (Å²) < 4.78 is 14.8. The van der Waals surface area contributed by atoms with Gasteiger partial charge in [-0.05, 0) is 47.9 Å². The summed E-state index contributed by atoms with van der Waals surface area (Å²) in [5, 5.41) is 0.249. The van der Waals surface area contributed by atoms with Crippen molar-refractivity contribution in [3.8, 4) is 0 Å². The normalized spacial score (nSPS) is 15.5. The molecule has 0 N–H and O–H groups in total. The highest BCUT2D eigenvalue weighted by Crippen LogP contribution is 2.40. The predicted octanol–water partition coefficient (Wildman–Crippen LogP) is 6.57. The molecule has 25 heavy (non-hydrogen) atoms. The van der Waals surface area contributed by atoms with Crippen molar-refractivity contribution in [2.75, 3.05) is 0 Å². The van der Waals surface area contributed by atoms with Gasteiger partial charge in [-0.3, -0.25) is 4.98 Å². The lowest BCUT2D eigenvalue weighted by Crippen LogP contribution is -2.23. The summed E-state index contributed by atoms with van der Waals surface area (Å²) in [5.41, 5.74) is 3.27. The number of benzene rings is 1. The standard InChI is InChI=1S/C22H27ClFN/c1-21(2,3)16-12-11-15(19(23)20(16)24)13-22(4,5)18-8-6-7-17(25-18)14-9-10-14/h6-8,11-12,14H,9-10,13H2,1-5H3. The minimum atomic E-state index is -0.290. The molecule has 1 aromatic carbocycles. The lowest BCUT2D eigenvalue weighted by molar-refractivity contribution is 0.495.